The van der Waals surface area contributed by atoms with Crippen LogP contribution in [0.4, 0.5) is 28.9 Å². The highest BCUT2D eigenvalue weighted by atomic mass is 35.5. The van der Waals surface area contributed by atoms with Crippen LogP contribution in [0.15, 0.2) is 30.5 Å². The Morgan fingerprint density at radius 3 is 2.79 bits per heavy atom. The van der Waals surface area contributed by atoms with Crippen molar-refractivity contribution in [2.75, 3.05) is 18.5 Å². The summed E-state index contributed by atoms with van der Waals surface area (Å²) in [7, 11) is 0. The molecule has 2 heterocycles. The van der Waals surface area contributed by atoms with E-state index in [1.807, 2.05) is 0 Å². The van der Waals surface area contributed by atoms with Gasteiger partial charge in [-0.3, -0.25) is 9.78 Å². The lowest BCUT2D eigenvalue weighted by Crippen LogP contribution is -2.30. The summed E-state index contributed by atoms with van der Waals surface area (Å²) in [5.41, 5.74) is -1.43. The topological polar surface area (TPSA) is 63.2 Å². The summed E-state index contributed by atoms with van der Waals surface area (Å²) in [6, 6.07) is 4.00. The molecule has 1 atom stereocenters. The van der Waals surface area contributed by atoms with Crippen LogP contribution in [0.25, 0.3) is 0 Å². The first-order valence-electron chi connectivity index (χ1n) is 8.38. The zero-order chi connectivity index (χ0) is 20.3. The summed E-state index contributed by atoms with van der Waals surface area (Å²) in [6.45, 7) is 0.954. The maximum Gasteiger partial charge on any atom is 0.418 e. The van der Waals surface area contributed by atoms with Gasteiger partial charge in [-0.15, -0.1) is 0 Å². The Labute approximate surface area is 163 Å². The number of alkyl halides is 3. The van der Waals surface area contributed by atoms with E-state index in [4.69, 9.17) is 16.3 Å². The minimum atomic E-state index is -4.73. The van der Waals surface area contributed by atoms with Gasteiger partial charge in [0.1, 0.15) is 5.82 Å². The minimum Gasteiger partial charge on any atom is -0.381 e. The fraction of sp³-hybridized carbons (Fsp3) is 0.333. The molecule has 1 aliphatic heterocycles. The summed E-state index contributed by atoms with van der Waals surface area (Å²) in [6.07, 6.45) is -2.87. The van der Waals surface area contributed by atoms with E-state index in [1.165, 1.54) is 12.3 Å². The lowest BCUT2D eigenvalue weighted by atomic mass is 10.1. The Morgan fingerprint density at radius 1 is 1.36 bits per heavy atom. The Kier molecular flexibility index (Phi) is 6.04. The number of nitrogens with zero attached hydrogens (tertiary/aromatic N) is 1. The van der Waals surface area contributed by atoms with Crippen molar-refractivity contribution in [2.24, 2.45) is 5.92 Å². The SMILES string of the molecule is O=C(NCc1ncc(Nc2c(F)cccc2C(F)(F)F)cc1Cl)[C@H]1CCOC1. The predicted octanol–water partition coefficient (Wildman–Crippen LogP) is 4.29. The summed E-state index contributed by atoms with van der Waals surface area (Å²) in [5.74, 6) is -1.46. The van der Waals surface area contributed by atoms with E-state index in [0.29, 0.717) is 25.3 Å². The van der Waals surface area contributed by atoms with E-state index in [-0.39, 0.29) is 29.1 Å². The highest BCUT2D eigenvalue weighted by Gasteiger charge is 2.34. The molecule has 1 saturated heterocycles. The molecular weight excluding hydrogens is 402 g/mol. The molecule has 2 N–H and O–H groups in total. The van der Waals surface area contributed by atoms with Gasteiger partial charge in [0.05, 0.1) is 52.9 Å². The number of anilines is 2. The van der Waals surface area contributed by atoms with Crippen LogP contribution in [0.5, 0.6) is 0 Å². The van der Waals surface area contributed by atoms with Crippen molar-refractivity contribution < 1.29 is 27.1 Å². The average molecular weight is 418 g/mol. The van der Waals surface area contributed by atoms with Gasteiger partial charge in [0.2, 0.25) is 5.91 Å². The van der Waals surface area contributed by atoms with Gasteiger partial charge in [0, 0.05) is 6.61 Å². The number of carbonyl (C=O) groups excluding carboxylic acids is 1. The van der Waals surface area contributed by atoms with Crippen LogP contribution in [0.2, 0.25) is 5.02 Å². The van der Waals surface area contributed by atoms with E-state index in [0.717, 1.165) is 18.2 Å². The normalized spacial score (nSPS) is 16.8. The second-order valence-electron chi connectivity index (χ2n) is 6.22. The zero-order valence-electron chi connectivity index (χ0n) is 14.4. The number of amides is 1. The zero-order valence-corrected chi connectivity index (χ0v) is 15.2. The molecule has 5 nitrogen and oxygen atoms in total. The molecule has 1 aromatic heterocycles. The monoisotopic (exact) mass is 417 g/mol. The lowest BCUT2D eigenvalue weighted by Gasteiger charge is -2.16. The first-order valence-corrected chi connectivity index (χ1v) is 8.76. The highest BCUT2D eigenvalue weighted by molar-refractivity contribution is 6.31. The smallest absolute Gasteiger partial charge is 0.381 e. The van der Waals surface area contributed by atoms with Crippen molar-refractivity contribution in [2.45, 2.75) is 19.1 Å². The number of aromatic nitrogens is 1. The molecule has 2 aromatic rings. The number of hydrogen-bond donors (Lipinski definition) is 2. The minimum absolute atomic E-state index is 0.0575. The maximum absolute atomic E-state index is 13.9. The van der Waals surface area contributed by atoms with Gasteiger partial charge < -0.3 is 15.4 Å². The van der Waals surface area contributed by atoms with Gasteiger partial charge in [-0.25, -0.2) is 4.39 Å². The molecule has 1 fully saturated rings. The third-order valence-electron chi connectivity index (χ3n) is 4.24. The molecule has 0 radical (unpaired) electrons. The van der Waals surface area contributed by atoms with Crippen LogP contribution in [0.3, 0.4) is 0 Å². The largest absolute Gasteiger partial charge is 0.418 e. The Morgan fingerprint density at radius 2 is 2.14 bits per heavy atom. The van der Waals surface area contributed by atoms with Crippen molar-refractivity contribution in [1.82, 2.24) is 10.3 Å². The van der Waals surface area contributed by atoms with Crippen molar-refractivity contribution in [3.63, 3.8) is 0 Å². The molecule has 1 aromatic carbocycles. The van der Waals surface area contributed by atoms with Crippen LogP contribution in [0.1, 0.15) is 17.7 Å². The third kappa shape index (κ3) is 4.71. The second-order valence-corrected chi connectivity index (χ2v) is 6.62. The van der Waals surface area contributed by atoms with Crippen LogP contribution < -0.4 is 10.6 Å². The van der Waals surface area contributed by atoms with E-state index >= 15 is 0 Å². The van der Waals surface area contributed by atoms with Gasteiger partial charge in [-0.2, -0.15) is 13.2 Å². The third-order valence-corrected chi connectivity index (χ3v) is 4.56. The molecule has 1 aliphatic rings. The molecular formula is C18H16ClF4N3O2. The Hall–Kier alpha value is -2.39. The molecule has 0 saturated carbocycles. The lowest BCUT2D eigenvalue weighted by molar-refractivity contribution is -0.137. The van der Waals surface area contributed by atoms with Crippen molar-refractivity contribution in [3.8, 4) is 0 Å². The number of nitrogens with one attached hydrogen (secondary N) is 2. The fourth-order valence-electron chi connectivity index (χ4n) is 2.75. The standard InChI is InChI=1S/C18H16ClF4N3O2/c19-13-6-11(26-16-12(18(21,22)23)2-1-3-14(16)20)7-24-15(13)8-25-17(27)10-4-5-28-9-10/h1-3,6-7,10,26H,4-5,8-9H2,(H,25,27)/t10-/m0/s1. The van der Waals surface area contributed by atoms with Crippen molar-refractivity contribution in [1.29, 1.82) is 0 Å². The maximum atomic E-state index is 13.9. The molecule has 10 heteroatoms. The van der Waals surface area contributed by atoms with Gasteiger partial charge >= 0.3 is 6.18 Å². The molecule has 0 aliphatic carbocycles. The molecule has 0 spiro atoms. The number of ether oxygens (including phenoxy) is 1. The first kappa shape index (κ1) is 20.3. The van der Waals surface area contributed by atoms with Crippen LogP contribution in [0, 0.1) is 11.7 Å². The molecule has 0 bridgehead atoms. The second kappa shape index (κ2) is 8.32. The van der Waals surface area contributed by atoms with Crippen molar-refractivity contribution in [3.05, 3.63) is 52.6 Å². The molecule has 0 unspecified atom stereocenters. The van der Waals surface area contributed by atoms with Gasteiger partial charge in [-0.05, 0) is 24.6 Å². The summed E-state index contributed by atoms with van der Waals surface area (Å²) in [4.78, 5) is 16.0. The van der Waals surface area contributed by atoms with Gasteiger partial charge in [-0.1, -0.05) is 17.7 Å². The summed E-state index contributed by atoms with van der Waals surface area (Å²) in [5, 5.41) is 5.20. The van der Waals surface area contributed by atoms with Crippen molar-refractivity contribution >= 4 is 28.9 Å². The molecule has 150 valence electrons. The van der Waals surface area contributed by atoms with Gasteiger partial charge in [0.15, 0.2) is 0 Å². The highest BCUT2D eigenvalue weighted by Crippen LogP contribution is 2.37. The number of para-hydroxylation sites is 1. The fourth-order valence-corrected chi connectivity index (χ4v) is 2.99. The van der Waals surface area contributed by atoms with Crippen LogP contribution >= 0.6 is 11.6 Å². The molecule has 3 rings (SSSR count). The number of pyridine rings is 1. The first-order chi connectivity index (χ1) is 13.3. The Balaban J connectivity index is 1.72. The van der Waals surface area contributed by atoms with Gasteiger partial charge in [0.25, 0.3) is 0 Å². The van der Waals surface area contributed by atoms with E-state index in [2.05, 4.69) is 15.6 Å². The summed E-state index contributed by atoms with van der Waals surface area (Å²) >= 11 is 6.11. The number of halogens is 5. The quantitative estimate of drug-likeness (QED) is 0.712. The predicted molar refractivity (Wildman–Crippen MR) is 94.7 cm³/mol. The molecule has 28 heavy (non-hydrogen) atoms. The average Bonchev–Trinajstić information content (AvgIpc) is 3.16. The van der Waals surface area contributed by atoms with E-state index < -0.39 is 23.2 Å². The number of benzene rings is 1. The number of hydrogen-bond acceptors (Lipinski definition) is 4. The Bertz CT molecular complexity index is 870. The molecule has 1 amide bonds. The number of rotatable bonds is 5. The van der Waals surface area contributed by atoms with E-state index in [9.17, 15) is 22.4 Å². The van der Waals surface area contributed by atoms with E-state index in [1.54, 1.807) is 0 Å². The van der Waals surface area contributed by atoms with Crippen LogP contribution in [-0.2, 0) is 22.3 Å². The summed E-state index contributed by atoms with van der Waals surface area (Å²) < 4.78 is 58.3. The number of carbonyl (C=O) groups is 1. The van der Waals surface area contributed by atoms with Crippen LogP contribution in [-0.4, -0.2) is 24.1 Å².